The number of aliphatic hydroxyl groups excluding tert-OH is 1. The first-order valence-corrected chi connectivity index (χ1v) is 4.47. The molecule has 2 heterocycles. The largest absolute Gasteiger partial charge is 0.455 e. The van der Waals surface area contributed by atoms with E-state index in [9.17, 15) is 4.79 Å². The van der Waals surface area contributed by atoms with Crippen LogP contribution in [0.15, 0.2) is 16.5 Å². The van der Waals surface area contributed by atoms with Crippen LogP contribution in [0.3, 0.4) is 0 Å². The first kappa shape index (κ1) is 9.23. The van der Waals surface area contributed by atoms with E-state index in [0.717, 1.165) is 0 Å². The van der Waals surface area contributed by atoms with E-state index in [4.69, 9.17) is 15.3 Å². The zero-order valence-electron chi connectivity index (χ0n) is 7.64. The molecule has 0 saturated carbocycles. The molecule has 1 aromatic rings. The van der Waals surface area contributed by atoms with Gasteiger partial charge in [0.05, 0.1) is 12.6 Å². The molecule has 0 bridgehead atoms. The molecule has 1 aromatic heterocycles. The lowest BCUT2D eigenvalue weighted by molar-refractivity contribution is 0.00384. The molecule has 2 rings (SSSR count). The predicted octanol–water partition coefficient (Wildman–Crippen LogP) is -0.445. The van der Waals surface area contributed by atoms with E-state index in [1.807, 2.05) is 0 Å². The van der Waals surface area contributed by atoms with Crippen LogP contribution in [0.25, 0.3) is 0 Å². The lowest BCUT2D eigenvalue weighted by Gasteiger charge is -2.35. The summed E-state index contributed by atoms with van der Waals surface area (Å²) in [6.45, 7) is 1.06. The van der Waals surface area contributed by atoms with E-state index >= 15 is 0 Å². The number of hydrogen-bond donors (Lipinski definition) is 2. The van der Waals surface area contributed by atoms with Crippen LogP contribution in [0, 0.1) is 0 Å². The molecule has 1 aliphatic heterocycles. The Morgan fingerprint density at radius 3 is 2.86 bits per heavy atom. The predicted molar refractivity (Wildman–Crippen MR) is 48.5 cm³/mol. The lowest BCUT2D eigenvalue weighted by atomic mass is 10.1. The molecular weight excluding hydrogens is 184 g/mol. The summed E-state index contributed by atoms with van der Waals surface area (Å²) in [6, 6.07) is 3.29. The molecule has 3 N–H and O–H groups in total. The van der Waals surface area contributed by atoms with Crippen LogP contribution in [0.4, 0.5) is 0 Å². The summed E-state index contributed by atoms with van der Waals surface area (Å²) in [6.07, 6.45) is -0.386. The Labute approximate surface area is 81.1 Å². The minimum absolute atomic E-state index is 0.185. The van der Waals surface area contributed by atoms with Gasteiger partial charge in [-0.15, -0.1) is 0 Å². The summed E-state index contributed by atoms with van der Waals surface area (Å²) >= 11 is 0. The van der Waals surface area contributed by atoms with Gasteiger partial charge in [-0.2, -0.15) is 0 Å². The third-order valence-electron chi connectivity index (χ3n) is 2.22. The standard InChI is InChI=1S/C9H12N2O3/c10-3-7-1-2-8(14-7)9(13)11-4-6(12)5-11/h1-2,6,12H,3-5,10H2. The Morgan fingerprint density at radius 2 is 2.36 bits per heavy atom. The van der Waals surface area contributed by atoms with E-state index in [-0.39, 0.29) is 24.3 Å². The normalized spacial score (nSPS) is 16.9. The van der Waals surface area contributed by atoms with E-state index in [1.54, 1.807) is 12.1 Å². The molecule has 0 aliphatic carbocycles. The van der Waals surface area contributed by atoms with Crippen LogP contribution in [0.1, 0.15) is 16.3 Å². The average Bonchev–Trinajstić information content (AvgIpc) is 2.60. The minimum Gasteiger partial charge on any atom is -0.455 e. The van der Waals surface area contributed by atoms with Crippen molar-refractivity contribution in [3.63, 3.8) is 0 Å². The van der Waals surface area contributed by atoms with Crippen molar-refractivity contribution in [3.8, 4) is 0 Å². The van der Waals surface area contributed by atoms with Gasteiger partial charge in [0.15, 0.2) is 5.76 Å². The van der Waals surface area contributed by atoms with E-state index in [0.29, 0.717) is 18.8 Å². The quantitative estimate of drug-likeness (QED) is 0.671. The van der Waals surface area contributed by atoms with Gasteiger partial charge in [-0.1, -0.05) is 0 Å². The number of likely N-dealkylation sites (tertiary alicyclic amines) is 1. The molecule has 0 spiro atoms. The zero-order chi connectivity index (χ0) is 10.1. The van der Waals surface area contributed by atoms with E-state index in [1.165, 1.54) is 4.90 Å². The number of hydrogen-bond acceptors (Lipinski definition) is 4. The number of amides is 1. The van der Waals surface area contributed by atoms with Gasteiger partial charge in [0.1, 0.15) is 5.76 Å². The number of carbonyl (C=O) groups is 1. The highest BCUT2D eigenvalue weighted by Gasteiger charge is 2.30. The summed E-state index contributed by atoms with van der Waals surface area (Å²) in [5, 5.41) is 9.02. The van der Waals surface area contributed by atoms with Gasteiger partial charge in [0.2, 0.25) is 0 Å². The maximum Gasteiger partial charge on any atom is 0.289 e. The fraction of sp³-hybridized carbons (Fsp3) is 0.444. The van der Waals surface area contributed by atoms with Crippen LogP contribution in [-0.4, -0.2) is 35.1 Å². The van der Waals surface area contributed by atoms with Crippen molar-refractivity contribution in [3.05, 3.63) is 23.7 Å². The number of carbonyl (C=O) groups excluding carboxylic acids is 1. The fourth-order valence-corrected chi connectivity index (χ4v) is 1.38. The third-order valence-corrected chi connectivity index (χ3v) is 2.22. The molecule has 1 fully saturated rings. The van der Waals surface area contributed by atoms with Crippen LogP contribution in [0.5, 0.6) is 0 Å². The topological polar surface area (TPSA) is 79.7 Å². The number of nitrogens with zero attached hydrogens (tertiary/aromatic N) is 1. The zero-order valence-corrected chi connectivity index (χ0v) is 7.64. The van der Waals surface area contributed by atoms with Crippen molar-refractivity contribution >= 4 is 5.91 Å². The van der Waals surface area contributed by atoms with Gasteiger partial charge in [-0.25, -0.2) is 0 Å². The molecule has 5 heteroatoms. The summed E-state index contributed by atoms with van der Waals surface area (Å²) in [4.78, 5) is 13.1. The van der Waals surface area contributed by atoms with Gasteiger partial charge in [0, 0.05) is 13.1 Å². The average molecular weight is 196 g/mol. The summed E-state index contributed by atoms with van der Waals surface area (Å²) in [5.74, 6) is 0.696. The number of rotatable bonds is 2. The van der Waals surface area contributed by atoms with Crippen molar-refractivity contribution in [2.45, 2.75) is 12.6 Å². The number of β-amino-alcohol motifs (C(OH)–C–C–N with tert-alkyl or cyclic N) is 1. The Balaban J connectivity index is 2.04. The van der Waals surface area contributed by atoms with Gasteiger partial charge in [-0.3, -0.25) is 4.79 Å². The number of nitrogens with two attached hydrogens (primary N) is 1. The monoisotopic (exact) mass is 196 g/mol. The third kappa shape index (κ3) is 1.51. The second-order valence-corrected chi connectivity index (χ2v) is 3.33. The summed E-state index contributed by atoms with van der Waals surface area (Å²) < 4.78 is 5.19. The van der Waals surface area contributed by atoms with Gasteiger partial charge in [0.25, 0.3) is 5.91 Å². The summed E-state index contributed by atoms with van der Waals surface area (Å²) in [5.41, 5.74) is 5.35. The minimum atomic E-state index is -0.386. The Morgan fingerprint density at radius 1 is 1.64 bits per heavy atom. The molecule has 0 aromatic carbocycles. The Kier molecular flexibility index (Phi) is 2.26. The van der Waals surface area contributed by atoms with Crippen LogP contribution in [0.2, 0.25) is 0 Å². The van der Waals surface area contributed by atoms with E-state index in [2.05, 4.69) is 0 Å². The van der Waals surface area contributed by atoms with Crippen molar-refractivity contribution in [1.29, 1.82) is 0 Å². The smallest absolute Gasteiger partial charge is 0.289 e. The molecular formula is C9H12N2O3. The van der Waals surface area contributed by atoms with Crippen molar-refractivity contribution in [2.75, 3.05) is 13.1 Å². The molecule has 0 unspecified atom stereocenters. The molecule has 0 atom stereocenters. The number of furan rings is 1. The van der Waals surface area contributed by atoms with Crippen LogP contribution >= 0.6 is 0 Å². The molecule has 0 radical (unpaired) electrons. The molecule has 76 valence electrons. The maximum absolute atomic E-state index is 11.6. The van der Waals surface area contributed by atoms with E-state index < -0.39 is 0 Å². The SMILES string of the molecule is NCc1ccc(C(=O)N2CC(O)C2)o1. The second-order valence-electron chi connectivity index (χ2n) is 3.33. The molecule has 14 heavy (non-hydrogen) atoms. The van der Waals surface area contributed by atoms with Crippen molar-refractivity contribution in [1.82, 2.24) is 4.90 Å². The second kappa shape index (κ2) is 3.43. The highest BCUT2D eigenvalue weighted by molar-refractivity contribution is 5.92. The highest BCUT2D eigenvalue weighted by atomic mass is 16.4. The molecule has 1 amide bonds. The number of aliphatic hydroxyl groups is 1. The fourth-order valence-electron chi connectivity index (χ4n) is 1.38. The Bertz CT molecular complexity index is 342. The highest BCUT2D eigenvalue weighted by Crippen LogP contribution is 2.15. The van der Waals surface area contributed by atoms with Crippen molar-refractivity contribution in [2.24, 2.45) is 5.73 Å². The van der Waals surface area contributed by atoms with Crippen LogP contribution < -0.4 is 5.73 Å². The van der Waals surface area contributed by atoms with Gasteiger partial charge >= 0.3 is 0 Å². The Hall–Kier alpha value is -1.33. The summed E-state index contributed by atoms with van der Waals surface area (Å²) in [7, 11) is 0. The van der Waals surface area contributed by atoms with Crippen molar-refractivity contribution < 1.29 is 14.3 Å². The van der Waals surface area contributed by atoms with Gasteiger partial charge in [-0.05, 0) is 12.1 Å². The lowest BCUT2D eigenvalue weighted by Crippen LogP contribution is -2.53. The van der Waals surface area contributed by atoms with Crippen LogP contribution in [-0.2, 0) is 6.54 Å². The molecule has 1 aliphatic rings. The first-order valence-electron chi connectivity index (χ1n) is 4.47. The maximum atomic E-state index is 11.6. The molecule has 1 saturated heterocycles. The first-order chi connectivity index (χ1) is 6.70. The molecule has 5 nitrogen and oxygen atoms in total. The van der Waals surface area contributed by atoms with Gasteiger partial charge < -0.3 is 20.2 Å².